The van der Waals surface area contributed by atoms with E-state index in [0.29, 0.717) is 0 Å². The van der Waals surface area contributed by atoms with Crippen LogP contribution in [-0.2, 0) is 19.7 Å². The van der Waals surface area contributed by atoms with Crippen LogP contribution in [0, 0.1) is 6.92 Å². The molecular formula is C23H28N4O. The fourth-order valence-corrected chi connectivity index (χ4v) is 4.01. The fourth-order valence-electron chi connectivity index (χ4n) is 4.01. The van der Waals surface area contributed by atoms with Crippen molar-refractivity contribution in [1.82, 2.24) is 19.4 Å². The molecule has 28 heavy (non-hydrogen) atoms. The van der Waals surface area contributed by atoms with Crippen LogP contribution in [0.15, 0.2) is 60.9 Å². The first-order chi connectivity index (χ1) is 13.7. The monoisotopic (exact) mass is 376 g/mol. The van der Waals surface area contributed by atoms with Gasteiger partial charge in [-0.1, -0.05) is 24.3 Å². The number of aromatic nitrogens is 2. The average Bonchev–Trinajstić information content (AvgIpc) is 3.10. The summed E-state index contributed by atoms with van der Waals surface area (Å²) in [7, 11) is 0. The molecule has 0 radical (unpaired) electrons. The molecule has 3 heterocycles. The maximum absolute atomic E-state index is 9.54. The maximum atomic E-state index is 9.54. The summed E-state index contributed by atoms with van der Waals surface area (Å²) in [5.41, 5.74) is 5.94. The summed E-state index contributed by atoms with van der Waals surface area (Å²) >= 11 is 0. The normalized spacial score (nSPS) is 15.8. The molecule has 1 aliphatic heterocycles. The van der Waals surface area contributed by atoms with Gasteiger partial charge in [0.1, 0.15) is 0 Å². The molecule has 0 spiro atoms. The third-order valence-electron chi connectivity index (χ3n) is 5.59. The van der Waals surface area contributed by atoms with E-state index in [1.807, 2.05) is 30.6 Å². The lowest BCUT2D eigenvalue weighted by atomic mass is 10.1. The van der Waals surface area contributed by atoms with E-state index in [1.165, 1.54) is 17.0 Å². The second kappa shape index (κ2) is 8.69. The fraction of sp³-hybridized carbons (Fsp3) is 0.348. The van der Waals surface area contributed by atoms with Crippen LogP contribution >= 0.6 is 0 Å². The van der Waals surface area contributed by atoms with Crippen LogP contribution in [-0.4, -0.2) is 50.6 Å². The standard InChI is InChI=1S/C23H28N4O/c1-19-8-9-23(27(19)22-7-4-10-24-15-22)17-26-13-11-25(12-14-26)16-20-5-2-3-6-21(20)18-28/h2-10,15,28H,11-14,16-18H2,1H3. The summed E-state index contributed by atoms with van der Waals surface area (Å²) < 4.78 is 2.30. The number of hydrogen-bond donors (Lipinski definition) is 1. The molecule has 0 saturated carbocycles. The van der Waals surface area contributed by atoms with Gasteiger partial charge < -0.3 is 9.67 Å². The molecule has 4 rings (SSSR count). The predicted molar refractivity (Wildman–Crippen MR) is 111 cm³/mol. The molecule has 1 fully saturated rings. The summed E-state index contributed by atoms with van der Waals surface area (Å²) in [6, 6.07) is 16.7. The summed E-state index contributed by atoms with van der Waals surface area (Å²) in [4.78, 5) is 9.28. The number of aliphatic hydroxyl groups excluding tert-OH is 1. The topological polar surface area (TPSA) is 44.5 Å². The number of rotatable bonds is 6. The third-order valence-corrected chi connectivity index (χ3v) is 5.59. The minimum atomic E-state index is 0.112. The van der Waals surface area contributed by atoms with Gasteiger partial charge >= 0.3 is 0 Å². The van der Waals surface area contributed by atoms with Crippen LogP contribution in [0.1, 0.15) is 22.5 Å². The van der Waals surface area contributed by atoms with Crippen molar-refractivity contribution >= 4 is 0 Å². The van der Waals surface area contributed by atoms with Crippen LogP contribution < -0.4 is 0 Å². The van der Waals surface area contributed by atoms with E-state index < -0.39 is 0 Å². The Bertz CT molecular complexity index is 898. The highest BCUT2D eigenvalue weighted by atomic mass is 16.3. The number of aliphatic hydroxyl groups is 1. The molecule has 146 valence electrons. The van der Waals surface area contributed by atoms with Crippen LogP contribution in [0.5, 0.6) is 0 Å². The van der Waals surface area contributed by atoms with E-state index in [1.54, 1.807) is 0 Å². The van der Waals surface area contributed by atoms with Crippen molar-refractivity contribution in [3.8, 4) is 5.69 Å². The van der Waals surface area contributed by atoms with Crippen molar-refractivity contribution in [2.75, 3.05) is 26.2 Å². The van der Waals surface area contributed by atoms with Crippen LogP contribution in [0.3, 0.4) is 0 Å². The molecule has 1 N–H and O–H groups in total. The number of pyridine rings is 1. The van der Waals surface area contributed by atoms with Gasteiger partial charge in [-0.3, -0.25) is 14.8 Å². The number of aryl methyl sites for hydroxylation is 1. The lowest BCUT2D eigenvalue weighted by Gasteiger charge is -2.35. The molecule has 1 aromatic carbocycles. The number of piperazine rings is 1. The van der Waals surface area contributed by atoms with E-state index in [9.17, 15) is 5.11 Å². The van der Waals surface area contributed by atoms with Gasteiger partial charge in [-0.15, -0.1) is 0 Å². The summed E-state index contributed by atoms with van der Waals surface area (Å²) in [6.45, 7) is 8.32. The first kappa shape index (κ1) is 18.9. The zero-order chi connectivity index (χ0) is 19.3. The number of nitrogens with zero attached hydrogens (tertiary/aromatic N) is 4. The van der Waals surface area contributed by atoms with Crippen molar-refractivity contribution in [3.63, 3.8) is 0 Å². The van der Waals surface area contributed by atoms with E-state index in [0.717, 1.165) is 50.5 Å². The molecule has 0 atom stereocenters. The lowest BCUT2D eigenvalue weighted by Crippen LogP contribution is -2.45. The molecule has 1 aliphatic rings. The summed E-state index contributed by atoms with van der Waals surface area (Å²) in [5.74, 6) is 0. The number of hydrogen-bond acceptors (Lipinski definition) is 4. The quantitative estimate of drug-likeness (QED) is 0.718. The van der Waals surface area contributed by atoms with E-state index >= 15 is 0 Å². The number of benzene rings is 1. The van der Waals surface area contributed by atoms with Gasteiger partial charge in [0.15, 0.2) is 0 Å². The van der Waals surface area contributed by atoms with Crippen molar-refractivity contribution in [1.29, 1.82) is 0 Å². The Morgan fingerprint density at radius 2 is 1.57 bits per heavy atom. The van der Waals surface area contributed by atoms with Gasteiger partial charge in [0.2, 0.25) is 0 Å². The van der Waals surface area contributed by atoms with Crippen molar-refractivity contribution in [3.05, 3.63) is 83.4 Å². The molecule has 2 aromatic heterocycles. The summed E-state index contributed by atoms with van der Waals surface area (Å²) in [6.07, 6.45) is 3.74. The van der Waals surface area contributed by atoms with Crippen LogP contribution in [0.25, 0.3) is 5.69 Å². The Kier molecular flexibility index (Phi) is 5.86. The molecule has 0 unspecified atom stereocenters. The Hall–Kier alpha value is -2.47. The Morgan fingerprint density at radius 1 is 0.857 bits per heavy atom. The second-order valence-corrected chi connectivity index (χ2v) is 7.49. The van der Waals surface area contributed by atoms with Gasteiger partial charge in [0.25, 0.3) is 0 Å². The smallest absolute Gasteiger partial charge is 0.0685 e. The molecule has 5 heteroatoms. The minimum absolute atomic E-state index is 0.112. The highest BCUT2D eigenvalue weighted by Gasteiger charge is 2.19. The predicted octanol–water partition coefficient (Wildman–Crippen LogP) is 2.99. The first-order valence-electron chi connectivity index (χ1n) is 9.94. The van der Waals surface area contributed by atoms with Gasteiger partial charge in [0.05, 0.1) is 18.5 Å². The van der Waals surface area contributed by atoms with Crippen LogP contribution in [0.2, 0.25) is 0 Å². The van der Waals surface area contributed by atoms with E-state index in [-0.39, 0.29) is 6.61 Å². The van der Waals surface area contributed by atoms with Crippen molar-refractivity contribution in [2.24, 2.45) is 0 Å². The van der Waals surface area contributed by atoms with Crippen molar-refractivity contribution < 1.29 is 5.11 Å². The average molecular weight is 377 g/mol. The molecule has 0 amide bonds. The zero-order valence-corrected chi connectivity index (χ0v) is 16.5. The first-order valence-corrected chi connectivity index (χ1v) is 9.94. The second-order valence-electron chi connectivity index (χ2n) is 7.49. The van der Waals surface area contributed by atoms with Gasteiger partial charge in [-0.05, 0) is 42.3 Å². The highest BCUT2D eigenvalue weighted by molar-refractivity contribution is 5.35. The Labute approximate surface area is 166 Å². The van der Waals surface area contributed by atoms with Crippen molar-refractivity contribution in [2.45, 2.75) is 26.6 Å². The molecule has 3 aromatic rings. The van der Waals surface area contributed by atoms with Gasteiger partial charge in [-0.25, -0.2) is 0 Å². The highest BCUT2D eigenvalue weighted by Crippen LogP contribution is 2.19. The van der Waals surface area contributed by atoms with Gasteiger partial charge in [0, 0.05) is 56.9 Å². The third kappa shape index (κ3) is 4.17. The van der Waals surface area contributed by atoms with Gasteiger partial charge in [-0.2, -0.15) is 0 Å². The molecule has 0 aliphatic carbocycles. The maximum Gasteiger partial charge on any atom is 0.0685 e. The van der Waals surface area contributed by atoms with Crippen LogP contribution in [0.4, 0.5) is 0 Å². The minimum Gasteiger partial charge on any atom is -0.392 e. The molecular weight excluding hydrogens is 348 g/mol. The molecule has 0 bridgehead atoms. The molecule has 1 saturated heterocycles. The Morgan fingerprint density at radius 3 is 2.25 bits per heavy atom. The SMILES string of the molecule is Cc1ccc(CN2CCN(Cc3ccccc3CO)CC2)n1-c1cccnc1. The Balaban J connectivity index is 1.38. The summed E-state index contributed by atoms with van der Waals surface area (Å²) in [5, 5.41) is 9.54. The van der Waals surface area contributed by atoms with E-state index in [4.69, 9.17) is 0 Å². The van der Waals surface area contributed by atoms with E-state index in [2.05, 4.69) is 56.6 Å². The largest absolute Gasteiger partial charge is 0.392 e. The zero-order valence-electron chi connectivity index (χ0n) is 16.5. The lowest BCUT2D eigenvalue weighted by molar-refractivity contribution is 0.120. The molecule has 5 nitrogen and oxygen atoms in total.